The lowest BCUT2D eigenvalue weighted by Crippen LogP contribution is -2.42. The maximum absolute atomic E-state index is 12.2. The monoisotopic (exact) mass is 403 g/mol. The van der Waals surface area contributed by atoms with Crippen LogP contribution in [0.1, 0.15) is 50.4 Å². The summed E-state index contributed by atoms with van der Waals surface area (Å²) < 4.78 is 11.6. The minimum absolute atomic E-state index is 0.217. The second kappa shape index (κ2) is 9.03. The lowest BCUT2D eigenvalue weighted by atomic mass is 9.98. The molecule has 1 atom stereocenters. The standard InChI is InChI=1S/C22H33N3O4/c1-22(2,3)29-21(27)24-11-8-16(9-12-24)15-28-19-10-13-25(14-19)18-6-4-17(5-7-18)20(23)26/h4-7,16,19H,8-15H2,1-3H3,(H2,23,26). The molecule has 0 radical (unpaired) electrons. The highest BCUT2D eigenvalue weighted by molar-refractivity contribution is 5.93. The van der Waals surface area contributed by atoms with Gasteiger partial charge >= 0.3 is 6.09 Å². The van der Waals surface area contributed by atoms with Gasteiger partial charge in [0.05, 0.1) is 6.10 Å². The van der Waals surface area contributed by atoms with Gasteiger partial charge in [-0.25, -0.2) is 4.79 Å². The van der Waals surface area contributed by atoms with Crippen LogP contribution < -0.4 is 10.6 Å². The molecule has 1 aromatic carbocycles. The Morgan fingerprint density at radius 2 is 1.72 bits per heavy atom. The Hall–Kier alpha value is -2.28. The minimum Gasteiger partial charge on any atom is -0.444 e. The molecule has 2 fully saturated rings. The van der Waals surface area contributed by atoms with Gasteiger partial charge in [0.25, 0.3) is 0 Å². The summed E-state index contributed by atoms with van der Waals surface area (Å²) in [7, 11) is 0. The van der Waals surface area contributed by atoms with Crippen LogP contribution in [-0.4, -0.2) is 61.4 Å². The molecule has 0 aromatic heterocycles. The molecule has 1 aromatic rings. The molecule has 2 amide bonds. The van der Waals surface area contributed by atoms with Gasteiger partial charge in [0.2, 0.25) is 5.91 Å². The first kappa shape index (κ1) is 21.4. The van der Waals surface area contributed by atoms with E-state index in [0.29, 0.717) is 11.5 Å². The normalized spacial score (nSPS) is 20.7. The number of primary amides is 1. The van der Waals surface area contributed by atoms with Crippen molar-refractivity contribution >= 4 is 17.7 Å². The number of benzene rings is 1. The molecule has 29 heavy (non-hydrogen) atoms. The number of likely N-dealkylation sites (tertiary alicyclic amines) is 1. The first-order valence-corrected chi connectivity index (χ1v) is 10.5. The van der Waals surface area contributed by atoms with E-state index in [-0.39, 0.29) is 12.2 Å². The van der Waals surface area contributed by atoms with Gasteiger partial charge in [-0.2, -0.15) is 0 Å². The first-order chi connectivity index (χ1) is 13.7. The van der Waals surface area contributed by atoms with E-state index in [1.807, 2.05) is 32.9 Å². The number of hydrogen-bond acceptors (Lipinski definition) is 5. The minimum atomic E-state index is -0.453. The number of nitrogens with two attached hydrogens (primary N) is 1. The summed E-state index contributed by atoms with van der Waals surface area (Å²) in [5.41, 5.74) is 6.46. The highest BCUT2D eigenvalue weighted by Gasteiger charge is 2.29. The summed E-state index contributed by atoms with van der Waals surface area (Å²) in [5, 5.41) is 0. The third-order valence-corrected chi connectivity index (χ3v) is 5.50. The molecule has 0 saturated carbocycles. The van der Waals surface area contributed by atoms with Gasteiger partial charge < -0.3 is 25.0 Å². The third kappa shape index (κ3) is 6.10. The maximum Gasteiger partial charge on any atom is 0.410 e. The molecule has 0 bridgehead atoms. The van der Waals surface area contributed by atoms with Crippen molar-refractivity contribution in [2.45, 2.75) is 51.7 Å². The number of anilines is 1. The van der Waals surface area contributed by atoms with Crippen LogP contribution in [-0.2, 0) is 9.47 Å². The van der Waals surface area contributed by atoms with Crippen molar-refractivity contribution in [1.82, 2.24) is 4.90 Å². The van der Waals surface area contributed by atoms with Crippen LogP contribution in [0.4, 0.5) is 10.5 Å². The SMILES string of the molecule is CC(C)(C)OC(=O)N1CCC(COC2CCN(c3ccc(C(N)=O)cc3)C2)CC1. The smallest absolute Gasteiger partial charge is 0.410 e. The Labute approximate surface area is 173 Å². The Bertz CT molecular complexity index is 706. The van der Waals surface area contributed by atoms with E-state index in [1.54, 1.807) is 17.0 Å². The van der Waals surface area contributed by atoms with Gasteiger partial charge in [-0.15, -0.1) is 0 Å². The summed E-state index contributed by atoms with van der Waals surface area (Å²) >= 11 is 0. The van der Waals surface area contributed by atoms with Crippen molar-refractivity contribution in [2.24, 2.45) is 11.7 Å². The van der Waals surface area contributed by atoms with Crippen molar-refractivity contribution in [1.29, 1.82) is 0 Å². The molecule has 2 saturated heterocycles. The number of ether oxygens (including phenoxy) is 2. The van der Waals surface area contributed by atoms with Crippen molar-refractivity contribution < 1.29 is 19.1 Å². The molecule has 7 heteroatoms. The second-order valence-corrected chi connectivity index (χ2v) is 9.01. The van der Waals surface area contributed by atoms with Crippen LogP contribution in [0.15, 0.2) is 24.3 Å². The molecule has 2 aliphatic heterocycles. The molecule has 0 spiro atoms. The van der Waals surface area contributed by atoms with Crippen molar-refractivity contribution in [2.75, 3.05) is 37.7 Å². The van der Waals surface area contributed by atoms with Gasteiger partial charge in [-0.3, -0.25) is 4.79 Å². The zero-order chi connectivity index (χ0) is 21.0. The highest BCUT2D eigenvalue weighted by atomic mass is 16.6. The number of amides is 2. The van der Waals surface area contributed by atoms with Gasteiger partial charge in [-0.05, 0) is 70.2 Å². The van der Waals surface area contributed by atoms with Gasteiger partial charge in [0.1, 0.15) is 5.60 Å². The largest absolute Gasteiger partial charge is 0.444 e. The summed E-state index contributed by atoms with van der Waals surface area (Å²) in [6.07, 6.45) is 2.89. The van der Waals surface area contributed by atoms with Gasteiger partial charge in [0, 0.05) is 44.0 Å². The fraction of sp³-hybridized carbons (Fsp3) is 0.636. The summed E-state index contributed by atoms with van der Waals surface area (Å²) in [5.74, 6) is 0.0782. The second-order valence-electron chi connectivity index (χ2n) is 9.01. The van der Waals surface area contributed by atoms with Crippen molar-refractivity contribution in [3.05, 3.63) is 29.8 Å². The molecule has 3 rings (SSSR count). The van der Waals surface area contributed by atoms with Gasteiger partial charge in [-0.1, -0.05) is 0 Å². The zero-order valence-corrected chi connectivity index (χ0v) is 17.7. The number of hydrogen-bond donors (Lipinski definition) is 1. The van der Waals surface area contributed by atoms with Crippen LogP contribution in [0.2, 0.25) is 0 Å². The van der Waals surface area contributed by atoms with Crippen LogP contribution in [0.5, 0.6) is 0 Å². The van der Waals surface area contributed by atoms with Crippen molar-refractivity contribution in [3.8, 4) is 0 Å². The van der Waals surface area contributed by atoms with E-state index in [4.69, 9.17) is 15.2 Å². The predicted molar refractivity (Wildman–Crippen MR) is 112 cm³/mol. The lowest BCUT2D eigenvalue weighted by molar-refractivity contribution is 0.00249. The lowest BCUT2D eigenvalue weighted by Gasteiger charge is -2.33. The number of nitrogens with zero attached hydrogens (tertiary/aromatic N) is 2. The highest BCUT2D eigenvalue weighted by Crippen LogP contribution is 2.25. The average Bonchev–Trinajstić information content (AvgIpc) is 3.14. The van der Waals surface area contributed by atoms with E-state index < -0.39 is 11.5 Å². The Morgan fingerprint density at radius 3 is 2.31 bits per heavy atom. The molecule has 160 valence electrons. The fourth-order valence-corrected chi connectivity index (χ4v) is 3.82. The van der Waals surface area contributed by atoms with Crippen LogP contribution in [0.25, 0.3) is 0 Å². The topological polar surface area (TPSA) is 85.1 Å². The van der Waals surface area contributed by atoms with Crippen molar-refractivity contribution in [3.63, 3.8) is 0 Å². The molecule has 2 aliphatic rings. The number of rotatable bonds is 5. The molecule has 2 heterocycles. The van der Waals surface area contributed by atoms with Crippen LogP contribution in [0.3, 0.4) is 0 Å². The van der Waals surface area contributed by atoms with E-state index in [1.165, 1.54) is 0 Å². The molecular formula is C22H33N3O4. The molecule has 1 unspecified atom stereocenters. The molecule has 7 nitrogen and oxygen atoms in total. The number of carbonyl (C=O) groups is 2. The average molecular weight is 404 g/mol. The quantitative estimate of drug-likeness (QED) is 0.817. The number of piperidine rings is 1. The first-order valence-electron chi connectivity index (χ1n) is 10.5. The van der Waals surface area contributed by atoms with Crippen LogP contribution in [0, 0.1) is 5.92 Å². The number of carbonyl (C=O) groups excluding carboxylic acids is 2. The van der Waals surface area contributed by atoms with Crippen LogP contribution >= 0.6 is 0 Å². The summed E-state index contributed by atoms with van der Waals surface area (Å²) in [6.45, 7) is 9.66. The van der Waals surface area contributed by atoms with E-state index in [0.717, 1.165) is 57.7 Å². The van der Waals surface area contributed by atoms with E-state index in [9.17, 15) is 9.59 Å². The maximum atomic E-state index is 12.2. The zero-order valence-electron chi connectivity index (χ0n) is 17.7. The summed E-state index contributed by atoms with van der Waals surface area (Å²) in [4.78, 5) is 27.4. The third-order valence-electron chi connectivity index (χ3n) is 5.50. The Kier molecular flexibility index (Phi) is 6.67. The van der Waals surface area contributed by atoms with E-state index >= 15 is 0 Å². The van der Waals surface area contributed by atoms with Gasteiger partial charge in [0.15, 0.2) is 0 Å². The molecule has 2 N–H and O–H groups in total. The molecule has 0 aliphatic carbocycles. The summed E-state index contributed by atoms with van der Waals surface area (Å²) in [6, 6.07) is 7.42. The fourth-order valence-electron chi connectivity index (χ4n) is 3.82. The Morgan fingerprint density at radius 1 is 1.07 bits per heavy atom. The van der Waals surface area contributed by atoms with E-state index in [2.05, 4.69) is 4.90 Å². The predicted octanol–water partition coefficient (Wildman–Crippen LogP) is 3.03. The Balaban J connectivity index is 1.38. The molecular weight excluding hydrogens is 370 g/mol.